The molecular weight excluding hydrogens is 342 g/mol. The zero-order valence-corrected chi connectivity index (χ0v) is 16.1. The van der Waals surface area contributed by atoms with E-state index in [0.717, 1.165) is 17.7 Å². The zero-order valence-electron chi connectivity index (χ0n) is 15.3. The fourth-order valence-corrected chi connectivity index (χ4v) is 3.04. The number of carbonyl (C=O) groups is 2. The Morgan fingerprint density at radius 1 is 1.32 bits per heavy atom. The van der Waals surface area contributed by atoms with Gasteiger partial charge in [-0.1, -0.05) is 32.4 Å². The molecule has 0 bridgehead atoms. The first-order chi connectivity index (χ1) is 11.7. The van der Waals surface area contributed by atoms with Gasteiger partial charge in [0.15, 0.2) is 0 Å². The summed E-state index contributed by atoms with van der Waals surface area (Å²) in [5, 5.41) is 0.676. The summed E-state index contributed by atoms with van der Waals surface area (Å²) in [5.41, 5.74) is 0.939. The molecule has 2 rings (SSSR count). The molecule has 25 heavy (non-hydrogen) atoms. The molecule has 0 N–H and O–H groups in total. The molecule has 1 aliphatic heterocycles. The lowest BCUT2D eigenvalue weighted by Crippen LogP contribution is -2.32. The molecule has 0 spiro atoms. The van der Waals surface area contributed by atoms with Crippen LogP contribution in [-0.4, -0.2) is 42.6 Å². The lowest BCUT2D eigenvalue weighted by Gasteiger charge is -2.25. The van der Waals surface area contributed by atoms with Crippen LogP contribution in [0.4, 0.5) is 0 Å². The van der Waals surface area contributed by atoms with E-state index in [4.69, 9.17) is 21.1 Å². The second-order valence-electron chi connectivity index (χ2n) is 7.24. The molecule has 1 aromatic carbocycles. The van der Waals surface area contributed by atoms with Crippen molar-refractivity contribution in [1.82, 2.24) is 4.90 Å². The highest BCUT2D eigenvalue weighted by Gasteiger charge is 2.30. The smallest absolute Gasteiger partial charge is 0.315 e. The maximum atomic E-state index is 12.2. The van der Waals surface area contributed by atoms with Gasteiger partial charge in [-0.25, -0.2) is 0 Å². The second-order valence-corrected chi connectivity index (χ2v) is 7.68. The number of benzene rings is 1. The number of likely N-dealkylation sites (tertiary alicyclic amines) is 1. The van der Waals surface area contributed by atoms with E-state index in [1.165, 1.54) is 0 Å². The normalized spacial score (nSPS) is 17.5. The van der Waals surface area contributed by atoms with Gasteiger partial charge in [0.05, 0.1) is 13.2 Å². The van der Waals surface area contributed by atoms with Crippen molar-refractivity contribution in [1.29, 1.82) is 0 Å². The molecule has 138 valence electrons. The molecule has 0 aromatic heterocycles. The van der Waals surface area contributed by atoms with Crippen molar-refractivity contribution in [3.63, 3.8) is 0 Å². The molecule has 0 radical (unpaired) electrons. The summed E-state index contributed by atoms with van der Waals surface area (Å²) in [6, 6.07) is 5.62. The van der Waals surface area contributed by atoms with E-state index < -0.39 is 5.97 Å². The number of hydrogen-bond donors (Lipinski definition) is 0. The molecule has 1 saturated heterocycles. The molecule has 1 aliphatic rings. The first-order valence-corrected chi connectivity index (χ1v) is 8.98. The van der Waals surface area contributed by atoms with Crippen LogP contribution in [0.2, 0.25) is 5.02 Å². The fourth-order valence-electron chi connectivity index (χ4n) is 2.87. The van der Waals surface area contributed by atoms with Gasteiger partial charge in [0, 0.05) is 23.6 Å². The number of amides is 1. The third-order valence-corrected chi connectivity index (χ3v) is 4.38. The van der Waals surface area contributed by atoms with Gasteiger partial charge in [-0.05, 0) is 30.5 Å². The average Bonchev–Trinajstić information content (AvgIpc) is 2.97. The molecule has 5 nitrogen and oxygen atoms in total. The first kappa shape index (κ1) is 19.6. The van der Waals surface area contributed by atoms with Gasteiger partial charge in [0.25, 0.3) is 0 Å². The maximum absolute atomic E-state index is 12.2. The number of halogens is 1. The number of nitrogens with zero attached hydrogens (tertiary/aromatic N) is 1. The Morgan fingerprint density at radius 2 is 2.04 bits per heavy atom. The Morgan fingerprint density at radius 3 is 2.68 bits per heavy atom. The standard InChI is InChI=1S/C19H26ClNO4/c1-5-24-18(23)11-17(22)21-9-8-14(12-21)25-16-7-6-13(20)10-15(16)19(2,3)4/h6-7,10,14H,5,8-9,11-12H2,1-4H3. The van der Waals surface area contributed by atoms with Crippen LogP contribution in [0.3, 0.4) is 0 Å². The molecule has 1 amide bonds. The first-order valence-electron chi connectivity index (χ1n) is 8.60. The van der Waals surface area contributed by atoms with Crippen molar-refractivity contribution in [3.05, 3.63) is 28.8 Å². The minimum Gasteiger partial charge on any atom is -0.488 e. The van der Waals surface area contributed by atoms with E-state index in [0.29, 0.717) is 18.1 Å². The van der Waals surface area contributed by atoms with E-state index in [9.17, 15) is 9.59 Å². The molecule has 0 saturated carbocycles. The number of carbonyl (C=O) groups excluding carboxylic acids is 2. The summed E-state index contributed by atoms with van der Waals surface area (Å²) in [7, 11) is 0. The van der Waals surface area contributed by atoms with Gasteiger partial charge in [-0.15, -0.1) is 0 Å². The largest absolute Gasteiger partial charge is 0.488 e. The zero-order chi connectivity index (χ0) is 18.6. The van der Waals surface area contributed by atoms with Crippen molar-refractivity contribution in [2.45, 2.75) is 52.1 Å². The highest BCUT2D eigenvalue weighted by Crippen LogP contribution is 2.34. The number of rotatable bonds is 5. The molecule has 1 unspecified atom stereocenters. The highest BCUT2D eigenvalue weighted by molar-refractivity contribution is 6.30. The van der Waals surface area contributed by atoms with Crippen LogP contribution < -0.4 is 4.74 Å². The van der Waals surface area contributed by atoms with Crippen molar-refractivity contribution in [3.8, 4) is 5.75 Å². The Kier molecular flexibility index (Phi) is 6.33. The molecule has 0 aliphatic carbocycles. The summed E-state index contributed by atoms with van der Waals surface area (Å²) in [4.78, 5) is 25.3. The fraction of sp³-hybridized carbons (Fsp3) is 0.579. The summed E-state index contributed by atoms with van der Waals surface area (Å²) in [6.07, 6.45) is 0.434. The third-order valence-electron chi connectivity index (χ3n) is 4.14. The Bertz CT molecular complexity index is 639. The third kappa shape index (κ3) is 5.36. The lowest BCUT2D eigenvalue weighted by atomic mass is 9.86. The average molecular weight is 368 g/mol. The van der Waals surface area contributed by atoms with Gasteiger partial charge in [-0.2, -0.15) is 0 Å². The predicted octanol–water partition coefficient (Wildman–Crippen LogP) is 3.57. The Labute approximate surface area is 154 Å². The maximum Gasteiger partial charge on any atom is 0.315 e. The summed E-state index contributed by atoms with van der Waals surface area (Å²) < 4.78 is 11.0. The van der Waals surface area contributed by atoms with E-state index >= 15 is 0 Å². The van der Waals surface area contributed by atoms with E-state index in [2.05, 4.69) is 20.8 Å². The number of ether oxygens (including phenoxy) is 2. The summed E-state index contributed by atoms with van der Waals surface area (Å²) >= 11 is 6.13. The predicted molar refractivity (Wildman–Crippen MR) is 97.0 cm³/mol. The molecule has 1 fully saturated rings. The lowest BCUT2D eigenvalue weighted by molar-refractivity contribution is -0.148. The van der Waals surface area contributed by atoms with Crippen LogP contribution in [0, 0.1) is 0 Å². The van der Waals surface area contributed by atoms with Gasteiger partial charge < -0.3 is 14.4 Å². The van der Waals surface area contributed by atoms with Gasteiger partial charge in [0.2, 0.25) is 5.91 Å². The van der Waals surface area contributed by atoms with Crippen molar-refractivity contribution >= 4 is 23.5 Å². The second kappa shape index (κ2) is 8.09. The molecule has 1 aromatic rings. The van der Waals surface area contributed by atoms with Crippen LogP contribution in [-0.2, 0) is 19.7 Å². The summed E-state index contributed by atoms with van der Waals surface area (Å²) in [6.45, 7) is 9.39. The molecule has 1 heterocycles. The quantitative estimate of drug-likeness (QED) is 0.589. The van der Waals surface area contributed by atoms with Gasteiger partial charge >= 0.3 is 5.97 Å². The van der Waals surface area contributed by atoms with Crippen LogP contribution in [0.5, 0.6) is 5.75 Å². The van der Waals surface area contributed by atoms with Crippen molar-refractivity contribution in [2.75, 3.05) is 19.7 Å². The monoisotopic (exact) mass is 367 g/mol. The van der Waals surface area contributed by atoms with E-state index in [-0.39, 0.29) is 30.5 Å². The molecule has 1 atom stereocenters. The van der Waals surface area contributed by atoms with Crippen molar-refractivity contribution in [2.24, 2.45) is 0 Å². The molecular formula is C19H26ClNO4. The van der Waals surface area contributed by atoms with Crippen LogP contribution >= 0.6 is 11.6 Å². The number of hydrogen-bond acceptors (Lipinski definition) is 4. The van der Waals surface area contributed by atoms with E-state index in [1.807, 2.05) is 18.2 Å². The van der Waals surface area contributed by atoms with Crippen LogP contribution in [0.25, 0.3) is 0 Å². The van der Waals surface area contributed by atoms with Crippen molar-refractivity contribution < 1.29 is 19.1 Å². The Hall–Kier alpha value is -1.75. The highest BCUT2D eigenvalue weighted by atomic mass is 35.5. The van der Waals surface area contributed by atoms with Gasteiger partial charge in [-0.3, -0.25) is 9.59 Å². The van der Waals surface area contributed by atoms with E-state index in [1.54, 1.807) is 11.8 Å². The Balaban J connectivity index is 2.00. The summed E-state index contributed by atoms with van der Waals surface area (Å²) in [5.74, 6) is 0.0999. The minimum absolute atomic E-state index is 0.0894. The SMILES string of the molecule is CCOC(=O)CC(=O)N1CCC(Oc2ccc(Cl)cc2C(C)(C)C)C1. The minimum atomic E-state index is -0.482. The molecule has 6 heteroatoms. The van der Waals surface area contributed by atoms with Crippen LogP contribution in [0.1, 0.15) is 46.1 Å². The topological polar surface area (TPSA) is 55.8 Å². The number of esters is 1. The van der Waals surface area contributed by atoms with Gasteiger partial charge in [0.1, 0.15) is 18.3 Å². The van der Waals surface area contributed by atoms with Crippen LogP contribution in [0.15, 0.2) is 18.2 Å².